The molecule has 0 radical (unpaired) electrons. The summed E-state index contributed by atoms with van der Waals surface area (Å²) in [6.45, 7) is 3.30. The van der Waals surface area contributed by atoms with Crippen LogP contribution in [0.25, 0.3) is 0 Å². The average Bonchev–Trinajstić information content (AvgIpc) is 2.03. The fourth-order valence-corrected chi connectivity index (χ4v) is 0.703. The summed E-state index contributed by atoms with van der Waals surface area (Å²) < 4.78 is 4.30. The smallest absolute Gasteiger partial charge is 0.433 e. The summed E-state index contributed by atoms with van der Waals surface area (Å²) >= 11 is 0. The third-order valence-corrected chi connectivity index (χ3v) is 1.29. The first-order valence-electron chi connectivity index (χ1n) is 3.78. The minimum atomic E-state index is -0.714. The highest BCUT2D eigenvalue weighted by molar-refractivity contribution is 6.40. The van der Waals surface area contributed by atoms with E-state index in [1.165, 1.54) is 14.0 Å². The van der Waals surface area contributed by atoms with Crippen molar-refractivity contribution in [1.82, 2.24) is 0 Å². The van der Waals surface area contributed by atoms with E-state index in [9.17, 15) is 9.59 Å². The first kappa shape index (κ1) is 10.8. The summed E-state index contributed by atoms with van der Waals surface area (Å²) in [7, 11) is 1.23. The lowest BCUT2D eigenvalue weighted by Crippen LogP contribution is -2.12. The van der Waals surface area contributed by atoms with Crippen molar-refractivity contribution in [3.8, 4) is 0 Å². The first-order valence-corrected chi connectivity index (χ1v) is 3.78. The summed E-state index contributed by atoms with van der Waals surface area (Å²) in [5.41, 5.74) is 0.282. The predicted molar refractivity (Wildman–Crippen MR) is 45.4 cm³/mol. The largest absolute Gasteiger partial charge is 0.451 e. The number of nitrogens with zero attached hydrogens (tertiary/aromatic N) is 1. The Balaban J connectivity index is 4.38. The van der Waals surface area contributed by atoms with Crippen LogP contribution >= 0.6 is 0 Å². The molecule has 0 saturated carbocycles. The molecule has 0 atom stereocenters. The van der Waals surface area contributed by atoms with Crippen molar-refractivity contribution in [3.63, 3.8) is 0 Å². The fraction of sp³-hybridized carbons (Fsp3) is 0.625. The first-order chi connectivity index (χ1) is 5.61. The highest BCUT2D eigenvalue weighted by Gasteiger charge is 2.07. The molecule has 0 fully saturated rings. The lowest BCUT2D eigenvalue weighted by molar-refractivity contribution is -0.111. The Morgan fingerprint density at radius 2 is 2.00 bits per heavy atom. The maximum atomic E-state index is 10.8. The number of hydrogen-bond acceptors (Lipinski definition) is 3. The minimum absolute atomic E-state index is 0.178. The van der Waals surface area contributed by atoms with Gasteiger partial charge in [-0.05, 0) is 6.42 Å². The Bertz CT molecular complexity index is 208. The molecular weight excluding hydrogens is 158 g/mol. The second-order valence-corrected chi connectivity index (χ2v) is 2.33. The molecule has 0 bridgehead atoms. The molecule has 4 nitrogen and oxygen atoms in total. The summed E-state index contributed by atoms with van der Waals surface area (Å²) in [4.78, 5) is 25.0. The van der Waals surface area contributed by atoms with Crippen molar-refractivity contribution in [2.75, 3.05) is 7.11 Å². The van der Waals surface area contributed by atoms with Gasteiger partial charge >= 0.3 is 6.09 Å². The van der Waals surface area contributed by atoms with Crippen LogP contribution in [-0.2, 0) is 9.53 Å². The summed E-state index contributed by atoms with van der Waals surface area (Å²) in [5, 5.41) is 0. The van der Waals surface area contributed by atoms with Gasteiger partial charge < -0.3 is 4.74 Å². The molecule has 0 aromatic heterocycles. The van der Waals surface area contributed by atoms with Crippen molar-refractivity contribution >= 4 is 17.6 Å². The molecule has 68 valence electrons. The van der Waals surface area contributed by atoms with Gasteiger partial charge in [0.05, 0.1) is 12.8 Å². The molecule has 0 saturated heterocycles. The monoisotopic (exact) mass is 171 g/mol. The van der Waals surface area contributed by atoms with Crippen molar-refractivity contribution < 1.29 is 14.3 Å². The highest BCUT2D eigenvalue weighted by atomic mass is 16.5. The molecule has 0 aliphatic heterocycles. The van der Waals surface area contributed by atoms with Crippen molar-refractivity contribution in [2.45, 2.75) is 26.7 Å². The average molecular weight is 171 g/mol. The van der Waals surface area contributed by atoms with Gasteiger partial charge in [0.1, 0.15) is 0 Å². The zero-order chi connectivity index (χ0) is 9.56. The summed E-state index contributed by atoms with van der Waals surface area (Å²) in [5.74, 6) is -0.178. The number of aliphatic imine (C=N–C) groups is 1. The van der Waals surface area contributed by atoms with Crippen LogP contribution in [0.5, 0.6) is 0 Å². The quantitative estimate of drug-likeness (QED) is 0.606. The van der Waals surface area contributed by atoms with Gasteiger partial charge in [0.15, 0.2) is 5.78 Å². The van der Waals surface area contributed by atoms with Gasteiger partial charge in [0.2, 0.25) is 0 Å². The molecule has 0 aromatic rings. The molecule has 0 unspecified atom stereocenters. The Morgan fingerprint density at radius 3 is 2.33 bits per heavy atom. The van der Waals surface area contributed by atoms with Crippen LogP contribution in [0.1, 0.15) is 26.7 Å². The van der Waals surface area contributed by atoms with Crippen molar-refractivity contribution in [3.05, 3.63) is 0 Å². The molecule has 12 heavy (non-hydrogen) atoms. The predicted octanol–water partition coefficient (Wildman–Crippen LogP) is 1.58. The van der Waals surface area contributed by atoms with Crippen LogP contribution in [-0.4, -0.2) is 24.7 Å². The molecule has 1 amide bonds. The van der Waals surface area contributed by atoms with Crippen LogP contribution in [0.15, 0.2) is 4.99 Å². The van der Waals surface area contributed by atoms with Crippen molar-refractivity contribution in [2.24, 2.45) is 4.99 Å². The van der Waals surface area contributed by atoms with Crippen LogP contribution < -0.4 is 0 Å². The Kier molecular flexibility index (Phi) is 4.92. The SMILES string of the molecule is CCCC(=NC(=O)OC)C(C)=O. The molecular formula is C8H13NO3. The van der Waals surface area contributed by atoms with E-state index in [1.54, 1.807) is 0 Å². The van der Waals surface area contributed by atoms with Gasteiger partial charge in [-0.2, -0.15) is 4.99 Å². The second kappa shape index (κ2) is 5.46. The highest BCUT2D eigenvalue weighted by Crippen LogP contribution is 1.95. The molecule has 0 N–H and O–H groups in total. The number of Topliss-reactive ketones (excluding diaryl/α,β-unsaturated/α-hetero) is 1. The number of ether oxygens (including phenoxy) is 1. The summed E-state index contributed by atoms with van der Waals surface area (Å²) in [6, 6.07) is 0. The lowest BCUT2D eigenvalue weighted by atomic mass is 10.1. The Labute approximate surface area is 71.6 Å². The minimum Gasteiger partial charge on any atom is -0.451 e. The van der Waals surface area contributed by atoms with Gasteiger partial charge in [0.25, 0.3) is 0 Å². The maximum Gasteiger partial charge on any atom is 0.433 e. The van der Waals surface area contributed by atoms with Gasteiger partial charge in [-0.15, -0.1) is 0 Å². The third kappa shape index (κ3) is 3.85. The van der Waals surface area contributed by atoms with E-state index >= 15 is 0 Å². The van der Waals surface area contributed by atoms with Gasteiger partial charge in [0, 0.05) is 6.92 Å². The Hall–Kier alpha value is -1.19. The van der Waals surface area contributed by atoms with Crippen LogP contribution in [0.3, 0.4) is 0 Å². The van der Waals surface area contributed by atoms with E-state index in [4.69, 9.17) is 0 Å². The van der Waals surface area contributed by atoms with Gasteiger partial charge in [-0.25, -0.2) is 4.79 Å². The maximum absolute atomic E-state index is 10.8. The lowest BCUT2D eigenvalue weighted by Gasteiger charge is -1.98. The standard InChI is InChI=1S/C8H13NO3/c1-4-5-7(6(2)10)9-8(11)12-3/h4-5H2,1-3H3. The van der Waals surface area contributed by atoms with Gasteiger partial charge in [-0.3, -0.25) is 4.79 Å². The molecule has 0 rings (SSSR count). The zero-order valence-corrected chi connectivity index (χ0v) is 7.59. The number of carbonyl (C=O) groups excluding carboxylic acids is 2. The van der Waals surface area contributed by atoms with Crippen LogP contribution in [0.4, 0.5) is 4.79 Å². The van der Waals surface area contributed by atoms with Crippen molar-refractivity contribution in [1.29, 1.82) is 0 Å². The zero-order valence-electron chi connectivity index (χ0n) is 7.59. The molecule has 0 heterocycles. The molecule has 0 spiro atoms. The molecule has 0 aromatic carbocycles. The third-order valence-electron chi connectivity index (χ3n) is 1.29. The molecule has 4 heteroatoms. The van der Waals surface area contributed by atoms with Crippen LogP contribution in [0, 0.1) is 0 Å². The van der Waals surface area contributed by atoms with E-state index in [2.05, 4.69) is 9.73 Å². The van der Waals surface area contributed by atoms with E-state index in [-0.39, 0.29) is 11.5 Å². The molecule has 0 aliphatic carbocycles. The van der Waals surface area contributed by atoms with E-state index in [0.29, 0.717) is 6.42 Å². The van der Waals surface area contributed by atoms with E-state index < -0.39 is 6.09 Å². The number of rotatable bonds is 3. The van der Waals surface area contributed by atoms with E-state index in [0.717, 1.165) is 6.42 Å². The van der Waals surface area contributed by atoms with Crippen LogP contribution in [0.2, 0.25) is 0 Å². The number of carbonyl (C=O) groups is 2. The fourth-order valence-electron chi connectivity index (χ4n) is 0.703. The topological polar surface area (TPSA) is 55.7 Å². The normalized spacial score (nSPS) is 11.1. The number of amides is 1. The number of methoxy groups -OCH3 is 1. The number of ketones is 1. The molecule has 0 aliphatic rings. The van der Waals surface area contributed by atoms with E-state index in [1.807, 2.05) is 6.92 Å². The Morgan fingerprint density at radius 1 is 1.42 bits per heavy atom. The summed E-state index contributed by atoms with van der Waals surface area (Å²) in [6.07, 6.45) is 0.591. The van der Waals surface area contributed by atoms with Gasteiger partial charge in [-0.1, -0.05) is 13.3 Å². The number of hydrogen-bond donors (Lipinski definition) is 0. The second-order valence-electron chi connectivity index (χ2n) is 2.33.